The summed E-state index contributed by atoms with van der Waals surface area (Å²) >= 11 is 1.30. The third-order valence-corrected chi connectivity index (χ3v) is 4.62. The van der Waals surface area contributed by atoms with E-state index < -0.39 is 0 Å². The lowest BCUT2D eigenvalue weighted by Crippen LogP contribution is -2.36. The molecule has 1 aliphatic heterocycles. The average molecular weight is 283 g/mol. The van der Waals surface area contributed by atoms with E-state index in [0.29, 0.717) is 0 Å². The van der Waals surface area contributed by atoms with Gasteiger partial charge in [-0.3, -0.25) is 15.0 Å². The zero-order valence-corrected chi connectivity index (χ0v) is 12.1. The number of hydrogen-bond acceptors (Lipinski definition) is 5. The van der Waals surface area contributed by atoms with Crippen LogP contribution in [0.2, 0.25) is 0 Å². The molecular formula is C13H21N3O2S. The molecule has 0 atom stereocenters. The molecule has 1 aromatic rings. The fourth-order valence-electron chi connectivity index (χ4n) is 2.47. The maximum absolute atomic E-state index is 10.6. The van der Waals surface area contributed by atoms with Crippen LogP contribution >= 0.6 is 11.3 Å². The van der Waals surface area contributed by atoms with Gasteiger partial charge < -0.3 is 5.32 Å². The molecule has 106 valence electrons. The molecule has 1 aliphatic rings. The van der Waals surface area contributed by atoms with Crippen molar-refractivity contribution >= 4 is 16.3 Å². The third-order valence-electron chi connectivity index (χ3n) is 3.60. The third kappa shape index (κ3) is 4.26. The molecule has 0 radical (unpaired) electrons. The van der Waals surface area contributed by atoms with Gasteiger partial charge in [0.15, 0.2) is 0 Å². The standard InChI is InChI=1S/C13H21N3O2S/c1-2-14-9-11-5-7-15(8-6-11)10-12-3-4-13(19-12)16(17)18/h3-4,11,14H,2,5-10H2,1H3. The lowest BCUT2D eigenvalue weighted by Gasteiger charge is -2.31. The predicted octanol–water partition coefficient (Wildman–Crippen LogP) is 2.48. The van der Waals surface area contributed by atoms with Crippen molar-refractivity contribution in [3.8, 4) is 0 Å². The number of hydrogen-bond donors (Lipinski definition) is 1. The minimum Gasteiger partial charge on any atom is -0.317 e. The number of thiophene rings is 1. The summed E-state index contributed by atoms with van der Waals surface area (Å²) in [6, 6.07) is 3.49. The van der Waals surface area contributed by atoms with Crippen LogP contribution in [0.5, 0.6) is 0 Å². The molecule has 1 N–H and O–H groups in total. The molecule has 1 fully saturated rings. The molecule has 0 saturated carbocycles. The van der Waals surface area contributed by atoms with Gasteiger partial charge in [0.05, 0.1) is 4.92 Å². The molecule has 1 aromatic heterocycles. The molecule has 0 aliphatic carbocycles. The summed E-state index contributed by atoms with van der Waals surface area (Å²) in [5.74, 6) is 0.786. The molecule has 19 heavy (non-hydrogen) atoms. The average Bonchev–Trinajstić information content (AvgIpc) is 2.87. The van der Waals surface area contributed by atoms with E-state index in [0.717, 1.165) is 43.5 Å². The largest absolute Gasteiger partial charge is 0.324 e. The van der Waals surface area contributed by atoms with Crippen LogP contribution in [-0.4, -0.2) is 36.0 Å². The van der Waals surface area contributed by atoms with Gasteiger partial charge >= 0.3 is 5.00 Å². The van der Waals surface area contributed by atoms with Crippen molar-refractivity contribution in [2.24, 2.45) is 5.92 Å². The Morgan fingerprint density at radius 1 is 1.47 bits per heavy atom. The van der Waals surface area contributed by atoms with Crippen molar-refractivity contribution in [2.75, 3.05) is 26.2 Å². The fourth-order valence-corrected chi connectivity index (χ4v) is 3.33. The molecule has 6 heteroatoms. The van der Waals surface area contributed by atoms with Gasteiger partial charge in [0.2, 0.25) is 0 Å². The molecule has 5 nitrogen and oxygen atoms in total. The summed E-state index contributed by atoms with van der Waals surface area (Å²) in [6.07, 6.45) is 2.45. The molecule has 0 spiro atoms. The first kappa shape index (κ1) is 14.4. The zero-order chi connectivity index (χ0) is 13.7. The van der Waals surface area contributed by atoms with Gasteiger partial charge in [-0.1, -0.05) is 18.3 Å². The Hall–Kier alpha value is -0.980. The molecule has 2 rings (SSSR count). The maximum atomic E-state index is 10.6. The van der Waals surface area contributed by atoms with E-state index in [-0.39, 0.29) is 9.92 Å². The van der Waals surface area contributed by atoms with Gasteiger partial charge in [-0.25, -0.2) is 0 Å². The number of nitrogens with zero attached hydrogens (tertiary/aromatic N) is 2. The van der Waals surface area contributed by atoms with Crippen molar-refractivity contribution in [2.45, 2.75) is 26.3 Å². The minimum atomic E-state index is -0.309. The van der Waals surface area contributed by atoms with Gasteiger partial charge in [-0.05, 0) is 51.0 Å². The number of nitrogens with one attached hydrogen (secondary N) is 1. The topological polar surface area (TPSA) is 58.4 Å². The Morgan fingerprint density at radius 3 is 2.79 bits per heavy atom. The summed E-state index contributed by atoms with van der Waals surface area (Å²) in [7, 11) is 0. The van der Waals surface area contributed by atoms with E-state index in [1.165, 1.54) is 24.2 Å². The SMILES string of the molecule is CCNCC1CCN(Cc2ccc([N+](=O)[O-])s2)CC1. The first-order valence-electron chi connectivity index (χ1n) is 6.85. The summed E-state index contributed by atoms with van der Waals surface area (Å²) in [4.78, 5) is 13.8. The van der Waals surface area contributed by atoms with E-state index >= 15 is 0 Å². The molecule has 0 unspecified atom stereocenters. The summed E-state index contributed by atoms with van der Waals surface area (Å²) in [5.41, 5.74) is 0. The molecule has 0 bridgehead atoms. The highest BCUT2D eigenvalue weighted by molar-refractivity contribution is 7.15. The van der Waals surface area contributed by atoms with Crippen LogP contribution < -0.4 is 5.32 Å². The Bertz CT molecular complexity index is 414. The van der Waals surface area contributed by atoms with E-state index in [9.17, 15) is 10.1 Å². The van der Waals surface area contributed by atoms with Crippen molar-refractivity contribution in [1.82, 2.24) is 10.2 Å². The van der Waals surface area contributed by atoms with Gasteiger partial charge in [-0.15, -0.1) is 0 Å². The highest BCUT2D eigenvalue weighted by Gasteiger charge is 2.20. The number of likely N-dealkylation sites (tertiary alicyclic amines) is 1. The summed E-state index contributed by atoms with van der Waals surface area (Å²) in [6.45, 7) is 7.35. The Labute approximate surface area is 117 Å². The lowest BCUT2D eigenvalue weighted by atomic mass is 9.97. The van der Waals surface area contributed by atoms with Crippen LogP contribution in [0.15, 0.2) is 12.1 Å². The van der Waals surface area contributed by atoms with Crippen LogP contribution in [0.3, 0.4) is 0 Å². The lowest BCUT2D eigenvalue weighted by molar-refractivity contribution is -0.380. The fraction of sp³-hybridized carbons (Fsp3) is 0.692. The van der Waals surface area contributed by atoms with Crippen LogP contribution in [0.4, 0.5) is 5.00 Å². The monoisotopic (exact) mass is 283 g/mol. The Kier molecular flexibility index (Phi) is 5.30. The molecule has 0 aromatic carbocycles. The van der Waals surface area contributed by atoms with Crippen LogP contribution in [-0.2, 0) is 6.54 Å². The van der Waals surface area contributed by atoms with Gasteiger partial charge in [0.1, 0.15) is 0 Å². The zero-order valence-electron chi connectivity index (χ0n) is 11.3. The smallest absolute Gasteiger partial charge is 0.317 e. The predicted molar refractivity (Wildman–Crippen MR) is 77.5 cm³/mol. The van der Waals surface area contributed by atoms with Crippen LogP contribution in [0.25, 0.3) is 0 Å². The second-order valence-electron chi connectivity index (χ2n) is 5.02. The molecule has 2 heterocycles. The van der Waals surface area contributed by atoms with Gasteiger partial charge in [-0.2, -0.15) is 0 Å². The molecular weight excluding hydrogens is 262 g/mol. The first-order chi connectivity index (χ1) is 9.19. The molecule has 0 amide bonds. The van der Waals surface area contributed by atoms with E-state index in [2.05, 4.69) is 17.1 Å². The second kappa shape index (κ2) is 6.98. The van der Waals surface area contributed by atoms with Crippen molar-refractivity contribution in [3.05, 3.63) is 27.1 Å². The van der Waals surface area contributed by atoms with E-state index in [1.807, 2.05) is 6.07 Å². The maximum Gasteiger partial charge on any atom is 0.324 e. The minimum absolute atomic E-state index is 0.247. The summed E-state index contributed by atoms with van der Waals surface area (Å²) < 4.78 is 0. The Morgan fingerprint density at radius 2 is 2.21 bits per heavy atom. The highest BCUT2D eigenvalue weighted by Crippen LogP contribution is 2.26. The van der Waals surface area contributed by atoms with Crippen molar-refractivity contribution in [3.63, 3.8) is 0 Å². The molecule has 1 saturated heterocycles. The van der Waals surface area contributed by atoms with Crippen LogP contribution in [0, 0.1) is 16.0 Å². The normalized spacial score (nSPS) is 17.7. The first-order valence-corrected chi connectivity index (χ1v) is 7.67. The van der Waals surface area contributed by atoms with Gasteiger partial charge in [0.25, 0.3) is 0 Å². The number of piperidine rings is 1. The summed E-state index contributed by atoms with van der Waals surface area (Å²) in [5, 5.41) is 14.3. The van der Waals surface area contributed by atoms with E-state index in [4.69, 9.17) is 0 Å². The number of rotatable bonds is 6. The van der Waals surface area contributed by atoms with Gasteiger partial charge in [0, 0.05) is 17.5 Å². The Balaban J connectivity index is 1.77. The van der Waals surface area contributed by atoms with Crippen LogP contribution in [0.1, 0.15) is 24.6 Å². The second-order valence-corrected chi connectivity index (χ2v) is 6.17. The van der Waals surface area contributed by atoms with Crippen molar-refractivity contribution < 1.29 is 4.92 Å². The van der Waals surface area contributed by atoms with Crippen molar-refractivity contribution in [1.29, 1.82) is 0 Å². The van der Waals surface area contributed by atoms with E-state index in [1.54, 1.807) is 6.07 Å². The number of nitro groups is 1. The quantitative estimate of drug-likeness (QED) is 0.643. The highest BCUT2D eigenvalue weighted by atomic mass is 32.1.